The Morgan fingerprint density at radius 3 is 1.20 bits per heavy atom. The van der Waals surface area contributed by atoms with E-state index in [2.05, 4.69) is 105 Å². The third kappa shape index (κ3) is 37.3. The van der Waals surface area contributed by atoms with Crippen molar-refractivity contribution < 1.29 is 117 Å². The molecule has 37 N–H and O–H groups in total. The number of hydrogen-bond acceptors (Lipinski definition) is 31. The van der Waals surface area contributed by atoms with Crippen LogP contribution in [-0.2, 0) is 101 Å². The predicted molar refractivity (Wildman–Crippen MR) is 492 cm³/mol. The molecule has 134 heavy (non-hydrogen) atoms. The molecule has 0 saturated carbocycles. The number of nitrogens with two attached hydrogens (primary N) is 7. The van der Waals surface area contributed by atoms with Gasteiger partial charge in [0.25, 0.3) is 0 Å². The molecule has 0 aromatic heterocycles. The summed E-state index contributed by atoms with van der Waals surface area (Å²) >= 11 is 8.79. The van der Waals surface area contributed by atoms with E-state index in [1.54, 1.807) is 27.7 Å². The molecule has 48 nitrogen and oxygen atoms in total. The molecular formula is C84H132N24O24S2. The van der Waals surface area contributed by atoms with Crippen molar-refractivity contribution in [3.63, 3.8) is 0 Å². The van der Waals surface area contributed by atoms with Crippen LogP contribution >= 0.6 is 25.3 Å². The van der Waals surface area contributed by atoms with Gasteiger partial charge < -0.3 is 161 Å². The Kier molecular flexibility index (Phi) is 47.7. The molecule has 3 aromatic carbocycles. The number of carbonyl (C=O) groups is 17. The van der Waals surface area contributed by atoms with Crippen molar-refractivity contribution in [1.82, 2.24) is 84.7 Å². The number of primary amides is 1. The number of amides is 16. The fraction of sp³-hybridized carbons (Fsp3) is 0.571. The number of hydrogen-bond donors (Lipinski definition) is 32. The molecular weight excluding hydrogens is 1790 g/mol. The van der Waals surface area contributed by atoms with E-state index in [0.29, 0.717) is 11.1 Å². The first-order valence-electron chi connectivity index (χ1n) is 43.4. The Hall–Kier alpha value is -12.3. The van der Waals surface area contributed by atoms with Crippen LogP contribution in [0.25, 0.3) is 0 Å². The number of carboxylic acid groups (broad SMARTS) is 1. The van der Waals surface area contributed by atoms with Gasteiger partial charge in [-0.3, -0.25) is 82.1 Å². The second-order valence-corrected chi connectivity index (χ2v) is 34.8. The maximum Gasteiger partial charge on any atom is 0.326 e. The number of aliphatic carboxylic acids is 1. The van der Waals surface area contributed by atoms with E-state index in [1.807, 2.05) is 0 Å². The second-order valence-electron chi connectivity index (χ2n) is 33.3. The quantitative estimate of drug-likeness (QED) is 0.0108. The number of β-amino-alcohol motifs (C(OH)–C–C–N with tert-alkyl or cyclic N) is 1. The minimum absolute atomic E-state index is 0.0908. The minimum Gasteiger partial charge on any atom is -0.508 e. The molecule has 3 aromatic rings. The number of phenolic OH excluding ortho intramolecular Hbond substituents is 3. The van der Waals surface area contributed by atoms with Gasteiger partial charge in [-0.2, -0.15) is 25.3 Å². The van der Waals surface area contributed by atoms with Crippen LogP contribution in [0.2, 0.25) is 0 Å². The first-order chi connectivity index (χ1) is 63.0. The van der Waals surface area contributed by atoms with E-state index in [1.165, 1.54) is 86.6 Å². The lowest BCUT2D eigenvalue weighted by molar-refractivity contribution is -0.142. The highest BCUT2D eigenvalue weighted by molar-refractivity contribution is 7.81. The molecule has 16 amide bonds. The van der Waals surface area contributed by atoms with Gasteiger partial charge >= 0.3 is 5.97 Å². The first-order valence-corrected chi connectivity index (χ1v) is 44.5. The van der Waals surface area contributed by atoms with Gasteiger partial charge in [0.2, 0.25) is 94.5 Å². The number of phenols is 3. The van der Waals surface area contributed by atoms with Gasteiger partial charge in [0.05, 0.1) is 31.3 Å². The predicted octanol–water partition coefficient (Wildman–Crippen LogP) is -9.76. The number of benzene rings is 3. The molecule has 0 bridgehead atoms. The highest BCUT2D eigenvalue weighted by atomic mass is 32.1. The van der Waals surface area contributed by atoms with Crippen LogP contribution in [0.4, 0.5) is 0 Å². The first kappa shape index (κ1) is 114. The van der Waals surface area contributed by atoms with Crippen molar-refractivity contribution in [3.05, 3.63) is 89.5 Å². The molecule has 1 aliphatic rings. The summed E-state index contributed by atoms with van der Waals surface area (Å²) < 4.78 is -1.49. The third-order valence-corrected chi connectivity index (χ3v) is 22.3. The summed E-state index contributed by atoms with van der Waals surface area (Å²) in [5.74, 6) is -21.1. The van der Waals surface area contributed by atoms with Gasteiger partial charge in [0.1, 0.15) is 108 Å². The molecule has 4 rings (SSSR count). The van der Waals surface area contributed by atoms with Gasteiger partial charge in [-0.05, 0) is 150 Å². The van der Waals surface area contributed by atoms with E-state index in [0.717, 1.165) is 11.8 Å². The summed E-state index contributed by atoms with van der Waals surface area (Å²) in [5.41, 5.74) is 41.9. The summed E-state index contributed by atoms with van der Waals surface area (Å²) in [6.45, 7) is 7.88. The Bertz CT molecular complexity index is 4500. The highest BCUT2D eigenvalue weighted by Gasteiger charge is 2.46. The molecule has 50 heteroatoms. The van der Waals surface area contributed by atoms with Gasteiger partial charge in [-0.25, -0.2) is 4.79 Å². The maximum atomic E-state index is 14.7. The Morgan fingerprint density at radius 2 is 0.821 bits per heavy atom. The molecule has 1 aliphatic heterocycles. The lowest BCUT2D eigenvalue weighted by Crippen LogP contribution is -2.64. The third-order valence-electron chi connectivity index (χ3n) is 21.6. The zero-order chi connectivity index (χ0) is 101. The summed E-state index contributed by atoms with van der Waals surface area (Å²) in [6.07, 6.45) is -6.79. The summed E-state index contributed by atoms with van der Waals surface area (Å²) in [4.78, 5) is 240. The molecule has 0 unspecified atom stereocenters. The molecule has 0 spiro atoms. The summed E-state index contributed by atoms with van der Waals surface area (Å²) in [6, 6.07) is -10.0. The number of likely N-dealkylation sites (tertiary alicyclic amines) is 1. The molecule has 744 valence electrons. The van der Waals surface area contributed by atoms with E-state index < -0.39 is 265 Å². The Balaban J connectivity index is 1.58. The Morgan fingerprint density at radius 1 is 0.478 bits per heavy atom. The Labute approximate surface area is 784 Å². The van der Waals surface area contributed by atoms with Crippen molar-refractivity contribution in [1.29, 1.82) is 5.41 Å². The number of guanidine groups is 1. The van der Waals surface area contributed by atoms with Crippen molar-refractivity contribution in [2.24, 2.45) is 52.0 Å². The topological polar surface area (TPSA) is 821 Å². The zero-order valence-electron chi connectivity index (χ0n) is 75.6. The standard InChI is InChI=1S/C84H132N24O24S2/c1-8-41(4)64(105-77(126)61-35-49(114)37-108(61)81(130)63(90)40(2)3)78(127)107-66(84(6,7)134)80(129)101-56(33-44-13-19-47(112)20-14-44)73(122)103-59(38-109)75(124)100-57(36-62(89)115)74(123)94-50(10-9-31-93-83(91)92)67(116)96-54(26-30-88)71(120)106-65(42(5)110)79(128)98-53(25-29-87)69(118)99-55(32-43-11-17-46(111)18-12-43)72(121)97-51(23-27-85)68(117)95-52(24-28-86)70(119)104-60(39-133)76(125)102-58(82(131)132)34-45-15-21-48(113)22-16-45/h11-22,40-42,49-61,63-66,109-114,133-134H,8-10,23-39,85-88,90H2,1-7H3,(H2,89,115)(H,94,123)(H,95,117)(H,96,116)(H,97,121)(H,98,128)(H,99,118)(H,100,124)(H,101,129)(H,102,125)(H,103,122)(H,104,119)(H,105,126)(H,106,120)(H,107,127)(H,131,132)(H4,91,92,93)/t41-,42+,49+,50-,51-,52-,53+,54-,55-,56-,57-,58-,59-,60-,61-,63-,64-,65-,66+/m0/s1. The zero-order valence-corrected chi connectivity index (χ0v) is 77.4. The number of rotatable bonds is 57. The molecule has 1 fully saturated rings. The van der Waals surface area contributed by atoms with Crippen LogP contribution in [-0.4, -0.2) is 312 Å². The number of carboxylic acids is 1. The summed E-state index contributed by atoms with van der Waals surface area (Å²) in [5, 5.41) is 117. The van der Waals surface area contributed by atoms with Gasteiger partial charge in [-0.1, -0.05) is 70.5 Å². The SMILES string of the molecule is CC[C@H](C)[C@H](NC(=O)[C@@H]1C[C@@H](O)CN1C(=O)[C@@H](N)C(C)C)C(=O)N[C@H](C(=O)N[C@@H](Cc1ccc(O)cc1)C(=O)N[C@@H](CO)C(=O)N[C@@H](CC(N)=O)C(=O)N[C@@H](CCCNC(=N)N)C(=O)N[C@@H](CCN)C(=O)N[C@H](C(=O)N[C@H](CCN)C(=O)N[C@@H](Cc1ccc(O)cc1)C(=O)N[C@@H](CCN)C(=O)N[C@@H](CCN)C(=O)N[C@@H](CS)C(=O)N[C@@H](Cc1ccc(O)cc1)C(=O)O)[C@@H](C)O)C(C)(C)S. The average molecular weight is 1930 g/mol. The minimum atomic E-state index is -2.05. The fourth-order valence-corrected chi connectivity index (χ4v) is 14.2. The number of thiol groups is 2. The maximum absolute atomic E-state index is 14.7. The van der Waals surface area contributed by atoms with Crippen LogP contribution in [0.15, 0.2) is 72.8 Å². The number of nitrogens with zero attached hydrogens (tertiary/aromatic N) is 1. The second kappa shape index (κ2) is 56.0. The van der Waals surface area contributed by atoms with Crippen molar-refractivity contribution in [2.45, 2.75) is 239 Å². The van der Waals surface area contributed by atoms with E-state index >= 15 is 0 Å². The number of carbonyl (C=O) groups excluding carboxylic acids is 16. The number of aliphatic hydroxyl groups excluding tert-OH is 3. The number of aromatic hydroxyl groups is 3. The van der Waals surface area contributed by atoms with Crippen molar-refractivity contribution in [2.75, 3.05) is 51.6 Å². The number of nitrogens with one attached hydrogen (secondary N) is 16. The fourth-order valence-electron chi connectivity index (χ4n) is 13.7. The highest BCUT2D eigenvalue weighted by Crippen LogP contribution is 2.25. The van der Waals surface area contributed by atoms with Gasteiger partial charge in [0, 0.05) is 49.3 Å². The van der Waals surface area contributed by atoms with Gasteiger partial charge in [0.15, 0.2) is 5.96 Å². The summed E-state index contributed by atoms with van der Waals surface area (Å²) in [7, 11) is 0. The van der Waals surface area contributed by atoms with Gasteiger partial charge in [-0.15, -0.1) is 0 Å². The smallest absolute Gasteiger partial charge is 0.326 e. The molecule has 1 heterocycles. The lowest BCUT2D eigenvalue weighted by atomic mass is 9.95. The van der Waals surface area contributed by atoms with E-state index in [-0.39, 0.29) is 119 Å². The molecule has 1 saturated heterocycles. The lowest BCUT2D eigenvalue weighted by Gasteiger charge is -2.34. The monoisotopic (exact) mass is 1920 g/mol. The normalized spacial score (nSPS) is 16.8. The number of aliphatic hydroxyl groups is 3. The molecule has 19 atom stereocenters. The van der Waals surface area contributed by atoms with E-state index in [4.69, 9.17) is 45.5 Å². The van der Waals surface area contributed by atoms with Crippen LogP contribution in [0.1, 0.15) is 123 Å². The van der Waals surface area contributed by atoms with Crippen LogP contribution in [0.3, 0.4) is 0 Å². The largest absolute Gasteiger partial charge is 0.508 e. The van der Waals surface area contributed by atoms with Crippen LogP contribution < -0.4 is 120 Å². The average Bonchev–Trinajstić information content (AvgIpc) is 1.55. The van der Waals surface area contributed by atoms with E-state index in [9.17, 15) is 117 Å². The molecule has 0 aliphatic carbocycles. The molecule has 0 radical (unpaired) electrons. The van der Waals surface area contributed by atoms with Crippen molar-refractivity contribution >= 4 is 132 Å². The van der Waals surface area contributed by atoms with Crippen LogP contribution in [0, 0.1) is 17.2 Å². The van der Waals surface area contributed by atoms with Crippen LogP contribution in [0.5, 0.6) is 17.2 Å². The van der Waals surface area contributed by atoms with Crippen molar-refractivity contribution in [3.8, 4) is 17.2 Å².